The predicted octanol–water partition coefficient (Wildman–Crippen LogP) is 7.75. The Morgan fingerprint density at radius 3 is 1.55 bits per heavy atom. The highest BCUT2D eigenvalue weighted by atomic mass is 35.5. The van der Waals surface area contributed by atoms with Crippen molar-refractivity contribution < 1.29 is 49.6 Å². The summed E-state index contributed by atoms with van der Waals surface area (Å²) >= 11 is 12.7. The largest absolute Gasteiger partial charge is 0.472 e. The van der Waals surface area contributed by atoms with Crippen molar-refractivity contribution in [3.8, 4) is 28.2 Å². The van der Waals surface area contributed by atoms with Gasteiger partial charge in [0.05, 0.1) is 36.2 Å². The van der Waals surface area contributed by atoms with Crippen LogP contribution in [0.1, 0.15) is 83.5 Å². The number of carbonyl (C=O) groups is 3. The van der Waals surface area contributed by atoms with Crippen molar-refractivity contribution in [3.63, 3.8) is 0 Å². The molecule has 2 aliphatic heterocycles. The number of carbonyl (C=O) groups excluding carboxylic acids is 3. The lowest BCUT2D eigenvalue weighted by atomic mass is 10.0. The van der Waals surface area contributed by atoms with Gasteiger partial charge in [0.25, 0.3) is 11.8 Å². The first-order valence-electron chi connectivity index (χ1n) is 22.2. The summed E-state index contributed by atoms with van der Waals surface area (Å²) in [4.78, 5) is 46.6. The molecular formula is C45H47BCl2F6N9O5Si. The van der Waals surface area contributed by atoms with Gasteiger partial charge in [-0.15, -0.1) is 0 Å². The maximum absolute atomic E-state index is 13.8. The van der Waals surface area contributed by atoms with E-state index in [4.69, 9.17) is 43.0 Å². The second-order valence-electron chi connectivity index (χ2n) is 17.1. The highest BCUT2D eigenvalue weighted by Gasteiger charge is 2.39. The molecule has 2 saturated heterocycles. The number of nitrogens with two attached hydrogens (primary N) is 1. The van der Waals surface area contributed by atoms with Gasteiger partial charge < -0.3 is 34.5 Å². The number of halogens is 8. The predicted molar refractivity (Wildman–Crippen MR) is 249 cm³/mol. The number of pyridine rings is 2. The lowest BCUT2D eigenvalue weighted by Gasteiger charge is -2.32. The maximum atomic E-state index is 13.8. The molecule has 365 valence electrons. The summed E-state index contributed by atoms with van der Waals surface area (Å²) in [5, 5.41) is 10.9. The Morgan fingerprint density at radius 2 is 1.22 bits per heavy atom. The Labute approximate surface area is 405 Å². The Kier molecular flexibility index (Phi) is 16.3. The van der Waals surface area contributed by atoms with Crippen molar-refractivity contribution >= 4 is 69.6 Å². The second kappa shape index (κ2) is 22.0. The molecule has 14 nitrogen and oxygen atoms in total. The van der Waals surface area contributed by atoms with Crippen molar-refractivity contribution in [3.05, 3.63) is 94.5 Å². The topological polar surface area (TPSA) is 180 Å². The van der Waals surface area contributed by atoms with E-state index in [1.807, 2.05) is 5.97 Å². The first-order chi connectivity index (χ1) is 32.9. The van der Waals surface area contributed by atoms with E-state index >= 15 is 0 Å². The zero-order valence-corrected chi connectivity index (χ0v) is 40.7. The van der Waals surface area contributed by atoms with Crippen LogP contribution in [0.4, 0.5) is 26.3 Å². The molecular weight excluding hydrogens is 970 g/mol. The molecule has 24 heteroatoms. The summed E-state index contributed by atoms with van der Waals surface area (Å²) in [6.45, 7) is 4.43. The minimum absolute atomic E-state index is 0.00920. The van der Waals surface area contributed by atoms with Gasteiger partial charge in [-0.05, 0) is 104 Å². The molecule has 3 N–H and O–H groups in total. The van der Waals surface area contributed by atoms with E-state index in [0.717, 1.165) is 75.5 Å². The fraction of sp³-hybridized carbons (Fsp3) is 0.422. The third-order valence-corrected chi connectivity index (χ3v) is 13.0. The zero-order valence-electron chi connectivity index (χ0n) is 37.2. The van der Waals surface area contributed by atoms with Crippen LogP contribution in [0.15, 0.2) is 70.5 Å². The standard InChI is InChI=1S/C22H22ClF3N4O2.C18H16ClF3N4O2.C4H6O.CH3BNSi/c23-19-18(21(31)29-6-3-16(4-7-29)27-10-13-1-2-13)28-20-17(22(24,25)26)9-15(11-30(19)20)14-5-8-32-12-14;19-15-14(17(27)25-4-1-12(23)2-5-25)24-16-13(18(20,21)22)7-11(8-26(15)16)10-3-6-28-9-10;5-3-4-1-2-4;3-1-2-4/h5,8-9,11-13,16,27H,1-4,6-7,10H2;3,6-9,12H,1-2,4-5,23H2;3-4H,1-2H2;4H3. The molecule has 2 saturated carbocycles. The van der Waals surface area contributed by atoms with Crippen LogP contribution in [-0.2, 0) is 17.1 Å². The minimum atomic E-state index is -4.67. The molecule has 2 amide bonds. The van der Waals surface area contributed by atoms with Gasteiger partial charge in [-0.2, -0.15) is 26.3 Å². The fourth-order valence-corrected chi connectivity index (χ4v) is 8.18. The number of imidazole rings is 2. The highest BCUT2D eigenvalue weighted by molar-refractivity contribution is 6.94. The minimum Gasteiger partial charge on any atom is -0.472 e. The van der Waals surface area contributed by atoms with Gasteiger partial charge in [0.1, 0.15) is 16.6 Å². The van der Waals surface area contributed by atoms with E-state index in [2.05, 4.69) is 15.3 Å². The van der Waals surface area contributed by atoms with E-state index in [9.17, 15) is 40.7 Å². The number of aldehydes is 1. The quantitative estimate of drug-likeness (QED) is 0.0870. The lowest BCUT2D eigenvalue weighted by Crippen LogP contribution is -2.45. The highest BCUT2D eigenvalue weighted by Crippen LogP contribution is 2.39. The maximum Gasteiger partial charge on any atom is 0.420 e. The molecule has 8 heterocycles. The number of amides is 2. The molecule has 0 aromatic carbocycles. The van der Waals surface area contributed by atoms with Gasteiger partial charge in [0, 0.05) is 78.8 Å². The van der Waals surface area contributed by atoms with Crippen LogP contribution in [-0.4, -0.2) is 108 Å². The van der Waals surface area contributed by atoms with E-state index in [1.165, 1.54) is 61.3 Å². The molecule has 6 aromatic rings. The first kappa shape index (κ1) is 51.3. The molecule has 6 aromatic heterocycles. The van der Waals surface area contributed by atoms with Crippen molar-refractivity contribution in [1.29, 1.82) is 5.26 Å². The van der Waals surface area contributed by atoms with Crippen molar-refractivity contribution in [1.82, 2.24) is 33.9 Å². The van der Waals surface area contributed by atoms with Crippen LogP contribution in [0.2, 0.25) is 10.3 Å². The average molecular weight is 1020 g/mol. The lowest BCUT2D eigenvalue weighted by molar-refractivity contribution is -0.137. The van der Waals surface area contributed by atoms with E-state index in [0.29, 0.717) is 62.1 Å². The molecule has 4 fully saturated rings. The van der Waals surface area contributed by atoms with Crippen LogP contribution in [0.3, 0.4) is 0 Å². The second-order valence-corrected chi connectivity index (χ2v) is 18.4. The summed E-state index contributed by atoms with van der Waals surface area (Å²) in [5.41, 5.74) is 4.17. The number of aromatic nitrogens is 4. The number of rotatable bonds is 8. The van der Waals surface area contributed by atoms with E-state index in [-0.39, 0.29) is 44.5 Å². The van der Waals surface area contributed by atoms with Gasteiger partial charge in [-0.3, -0.25) is 18.4 Å². The first-order valence-corrected chi connectivity index (χ1v) is 24.2. The van der Waals surface area contributed by atoms with Crippen LogP contribution >= 0.6 is 23.2 Å². The molecule has 2 aliphatic carbocycles. The van der Waals surface area contributed by atoms with E-state index in [1.54, 1.807) is 17.8 Å². The Balaban J connectivity index is 0.000000174. The van der Waals surface area contributed by atoms with Crippen LogP contribution in [0.5, 0.6) is 0 Å². The summed E-state index contributed by atoms with van der Waals surface area (Å²) in [5.74, 6) is 2.15. The smallest absolute Gasteiger partial charge is 0.420 e. The Morgan fingerprint density at radius 1 is 0.783 bits per heavy atom. The number of hydrogen-bond donors (Lipinski definition) is 2. The normalized spacial score (nSPS) is 16.8. The molecule has 0 atom stereocenters. The summed E-state index contributed by atoms with van der Waals surface area (Å²) < 4.78 is 94.5. The van der Waals surface area contributed by atoms with Crippen LogP contribution in [0.25, 0.3) is 33.5 Å². The summed E-state index contributed by atoms with van der Waals surface area (Å²) in [6.07, 6.45) is 7.62. The molecule has 4 aliphatic rings. The Bertz CT molecular complexity index is 2780. The molecule has 0 bridgehead atoms. The summed E-state index contributed by atoms with van der Waals surface area (Å²) in [6, 6.07) is 5.42. The Hall–Kier alpha value is -5.60. The third-order valence-electron chi connectivity index (χ3n) is 12.0. The zero-order chi connectivity index (χ0) is 49.6. The van der Waals surface area contributed by atoms with Gasteiger partial charge >= 0.3 is 12.4 Å². The number of fused-ring (bicyclic) bond motifs is 2. The number of nitrogens with zero attached hydrogens (tertiary/aromatic N) is 7. The molecule has 69 heavy (non-hydrogen) atoms. The van der Waals surface area contributed by atoms with Crippen molar-refractivity contribution in [2.45, 2.75) is 75.8 Å². The van der Waals surface area contributed by atoms with Crippen LogP contribution in [0, 0.1) is 23.1 Å². The van der Waals surface area contributed by atoms with Crippen molar-refractivity contribution in [2.24, 2.45) is 17.6 Å². The summed E-state index contributed by atoms with van der Waals surface area (Å²) in [7, 11) is 0.904. The average Bonchev–Trinajstić information content (AvgIpc) is 4.13. The van der Waals surface area contributed by atoms with E-state index < -0.39 is 40.9 Å². The number of hydrogen-bond acceptors (Lipinski definition) is 10. The molecule has 0 unspecified atom stereocenters. The number of furan rings is 2. The molecule has 0 spiro atoms. The number of nitrogens with one attached hydrogen (secondary N) is 1. The van der Waals surface area contributed by atoms with Gasteiger partial charge in [-0.1, -0.05) is 23.2 Å². The van der Waals surface area contributed by atoms with Gasteiger partial charge in [0.15, 0.2) is 22.7 Å². The number of nitriles is 1. The number of piperidine rings is 2. The SMILES string of the molecule is N#C[B][SiH3].NC1CCN(C(=O)c2nc3c(C(F)(F)F)cc(-c4ccoc4)cn3c2Cl)CC1.O=C(c1nc2c(C(F)(F)F)cc(-c3ccoc3)cn2c1Cl)N1CCC(NCC2CC2)CC1.O=CC1CC1. The fourth-order valence-electron chi connectivity index (χ4n) is 7.67. The number of alkyl halides is 6. The van der Waals surface area contributed by atoms with Crippen LogP contribution < -0.4 is 11.1 Å². The molecule has 10 rings (SSSR count). The van der Waals surface area contributed by atoms with Gasteiger partial charge in [0.2, 0.25) is 6.87 Å². The van der Waals surface area contributed by atoms with Gasteiger partial charge in [-0.25, -0.2) is 15.2 Å². The monoisotopic (exact) mass is 1020 g/mol. The third kappa shape index (κ3) is 12.6. The molecule has 1 radical (unpaired) electrons. The number of likely N-dealkylation sites (tertiary alicyclic amines) is 2. The van der Waals surface area contributed by atoms with Crippen molar-refractivity contribution in [2.75, 3.05) is 32.7 Å².